The van der Waals surface area contributed by atoms with Crippen molar-refractivity contribution in [2.45, 2.75) is 52.0 Å². The van der Waals surface area contributed by atoms with Crippen molar-refractivity contribution in [3.05, 3.63) is 30.1 Å². The normalized spacial score (nSPS) is 21.2. The van der Waals surface area contributed by atoms with E-state index in [0.717, 1.165) is 44.8 Å². The second kappa shape index (κ2) is 5.58. The Morgan fingerprint density at radius 2 is 1.83 bits per heavy atom. The van der Waals surface area contributed by atoms with Gasteiger partial charge in [-0.3, -0.25) is 0 Å². The van der Waals surface area contributed by atoms with Gasteiger partial charge in [-0.15, -0.1) is 10.2 Å². The number of fused-ring (bicyclic) bond motifs is 1. The zero-order valence-electron chi connectivity index (χ0n) is 13.9. The van der Waals surface area contributed by atoms with Crippen molar-refractivity contribution in [3.63, 3.8) is 0 Å². The molecule has 0 bridgehead atoms. The van der Waals surface area contributed by atoms with Crippen LogP contribution in [0.3, 0.4) is 0 Å². The molecule has 0 spiro atoms. The standard InChI is InChI=1S/C17H24N6/c1-17(2)7-4-14-20-21-15(23(14)12-17)13-5-10-22(11-6-13)16-18-8-3-9-19-16/h3,8-9,13H,4-7,10-12H2,1-2H3. The first kappa shape index (κ1) is 14.6. The molecule has 0 radical (unpaired) electrons. The van der Waals surface area contributed by atoms with Gasteiger partial charge in [-0.25, -0.2) is 9.97 Å². The highest BCUT2D eigenvalue weighted by atomic mass is 15.3. The quantitative estimate of drug-likeness (QED) is 0.852. The molecule has 1 saturated heterocycles. The molecule has 2 aromatic heterocycles. The summed E-state index contributed by atoms with van der Waals surface area (Å²) in [6.07, 6.45) is 8.07. The average Bonchev–Trinajstić information content (AvgIpc) is 2.97. The molecule has 4 rings (SSSR count). The van der Waals surface area contributed by atoms with Crippen molar-refractivity contribution in [1.29, 1.82) is 0 Å². The molecular weight excluding hydrogens is 288 g/mol. The maximum Gasteiger partial charge on any atom is 0.225 e. The number of anilines is 1. The van der Waals surface area contributed by atoms with Crippen LogP contribution in [0.5, 0.6) is 0 Å². The predicted octanol–water partition coefficient (Wildman–Crippen LogP) is 2.42. The highest BCUT2D eigenvalue weighted by molar-refractivity contribution is 5.29. The van der Waals surface area contributed by atoms with Gasteiger partial charge in [0.25, 0.3) is 0 Å². The minimum absolute atomic E-state index is 0.350. The summed E-state index contributed by atoms with van der Waals surface area (Å²) in [7, 11) is 0. The van der Waals surface area contributed by atoms with Gasteiger partial charge in [0.05, 0.1) is 0 Å². The van der Waals surface area contributed by atoms with E-state index < -0.39 is 0 Å². The van der Waals surface area contributed by atoms with E-state index >= 15 is 0 Å². The maximum absolute atomic E-state index is 4.55. The van der Waals surface area contributed by atoms with Gasteiger partial charge in [-0.05, 0) is 30.7 Å². The zero-order valence-corrected chi connectivity index (χ0v) is 13.9. The number of aromatic nitrogens is 5. The summed E-state index contributed by atoms with van der Waals surface area (Å²) in [5.74, 6) is 3.72. The first-order valence-corrected chi connectivity index (χ1v) is 8.56. The molecule has 0 atom stereocenters. The first-order valence-electron chi connectivity index (χ1n) is 8.56. The van der Waals surface area contributed by atoms with Gasteiger partial charge in [0.15, 0.2) is 0 Å². The summed E-state index contributed by atoms with van der Waals surface area (Å²) < 4.78 is 2.39. The lowest BCUT2D eigenvalue weighted by Gasteiger charge is -2.34. The molecule has 0 N–H and O–H groups in total. The van der Waals surface area contributed by atoms with Crippen LogP contribution in [0.1, 0.15) is 50.7 Å². The van der Waals surface area contributed by atoms with Gasteiger partial charge in [0.1, 0.15) is 11.6 Å². The van der Waals surface area contributed by atoms with E-state index in [1.54, 1.807) is 0 Å². The molecule has 2 aliphatic rings. The van der Waals surface area contributed by atoms with Crippen LogP contribution in [0.15, 0.2) is 18.5 Å². The van der Waals surface area contributed by atoms with Crippen molar-refractivity contribution in [1.82, 2.24) is 24.7 Å². The molecule has 1 fully saturated rings. The fraction of sp³-hybridized carbons (Fsp3) is 0.647. The van der Waals surface area contributed by atoms with Crippen LogP contribution in [-0.4, -0.2) is 37.8 Å². The fourth-order valence-corrected chi connectivity index (χ4v) is 3.76. The van der Waals surface area contributed by atoms with E-state index in [2.05, 4.69) is 43.5 Å². The van der Waals surface area contributed by atoms with Crippen molar-refractivity contribution in [3.8, 4) is 0 Å². The van der Waals surface area contributed by atoms with Crippen LogP contribution in [0.2, 0.25) is 0 Å². The highest BCUT2D eigenvalue weighted by Gasteiger charge is 2.32. The van der Waals surface area contributed by atoms with E-state index in [0.29, 0.717) is 11.3 Å². The van der Waals surface area contributed by atoms with Crippen molar-refractivity contribution in [2.24, 2.45) is 5.41 Å². The van der Waals surface area contributed by atoms with E-state index in [1.807, 2.05) is 18.5 Å². The number of hydrogen-bond acceptors (Lipinski definition) is 5. The summed E-state index contributed by atoms with van der Waals surface area (Å²) in [5, 5.41) is 9.00. The van der Waals surface area contributed by atoms with E-state index in [4.69, 9.17) is 0 Å². The van der Waals surface area contributed by atoms with Crippen LogP contribution in [-0.2, 0) is 13.0 Å². The van der Waals surface area contributed by atoms with Crippen LogP contribution >= 0.6 is 0 Å². The Hall–Kier alpha value is -1.98. The monoisotopic (exact) mass is 312 g/mol. The van der Waals surface area contributed by atoms with E-state index in [9.17, 15) is 0 Å². The Bertz CT molecular complexity index is 670. The molecule has 4 heterocycles. The van der Waals surface area contributed by atoms with Gasteiger partial charge >= 0.3 is 0 Å². The fourth-order valence-electron chi connectivity index (χ4n) is 3.76. The van der Waals surface area contributed by atoms with Gasteiger partial charge in [-0.1, -0.05) is 13.8 Å². The Morgan fingerprint density at radius 3 is 2.57 bits per heavy atom. The van der Waals surface area contributed by atoms with Crippen molar-refractivity contribution >= 4 is 5.95 Å². The third-order valence-electron chi connectivity index (χ3n) is 5.16. The van der Waals surface area contributed by atoms with Crippen LogP contribution < -0.4 is 4.90 Å². The topological polar surface area (TPSA) is 59.7 Å². The third-order valence-corrected chi connectivity index (χ3v) is 5.16. The Morgan fingerprint density at radius 1 is 1.09 bits per heavy atom. The minimum atomic E-state index is 0.350. The Balaban J connectivity index is 1.48. The van der Waals surface area contributed by atoms with Gasteiger partial charge in [0.2, 0.25) is 5.95 Å². The highest BCUT2D eigenvalue weighted by Crippen LogP contribution is 2.35. The minimum Gasteiger partial charge on any atom is -0.341 e. The molecule has 0 unspecified atom stereocenters. The summed E-state index contributed by atoms with van der Waals surface area (Å²) in [6.45, 7) is 7.71. The molecule has 2 aliphatic heterocycles. The predicted molar refractivity (Wildman–Crippen MR) is 88.3 cm³/mol. The lowest BCUT2D eigenvalue weighted by molar-refractivity contribution is 0.239. The van der Waals surface area contributed by atoms with Crippen molar-refractivity contribution in [2.75, 3.05) is 18.0 Å². The molecule has 2 aromatic rings. The second-order valence-electron chi connectivity index (χ2n) is 7.53. The SMILES string of the molecule is CC1(C)CCc2nnc(C3CCN(c4ncccn4)CC3)n2C1. The number of piperidine rings is 1. The van der Waals surface area contributed by atoms with Gasteiger partial charge in [-0.2, -0.15) is 0 Å². The van der Waals surface area contributed by atoms with Crippen LogP contribution in [0.25, 0.3) is 0 Å². The molecular formula is C17H24N6. The number of rotatable bonds is 2. The summed E-state index contributed by atoms with van der Waals surface area (Å²) >= 11 is 0. The summed E-state index contributed by atoms with van der Waals surface area (Å²) in [6, 6.07) is 1.86. The molecule has 0 aliphatic carbocycles. The molecule has 0 amide bonds. The molecule has 0 saturated carbocycles. The maximum atomic E-state index is 4.55. The number of hydrogen-bond donors (Lipinski definition) is 0. The lowest BCUT2D eigenvalue weighted by Crippen LogP contribution is -2.36. The first-order chi connectivity index (χ1) is 11.1. The summed E-state index contributed by atoms with van der Waals surface area (Å²) in [5.41, 5.74) is 0.350. The third kappa shape index (κ3) is 2.82. The van der Waals surface area contributed by atoms with Gasteiger partial charge in [0, 0.05) is 44.4 Å². The zero-order chi connectivity index (χ0) is 15.9. The van der Waals surface area contributed by atoms with E-state index in [1.165, 1.54) is 18.1 Å². The lowest BCUT2D eigenvalue weighted by atomic mass is 9.84. The Kier molecular flexibility index (Phi) is 3.54. The summed E-state index contributed by atoms with van der Waals surface area (Å²) in [4.78, 5) is 11.0. The van der Waals surface area contributed by atoms with Crippen LogP contribution in [0.4, 0.5) is 5.95 Å². The molecule has 6 heteroatoms. The molecule has 23 heavy (non-hydrogen) atoms. The molecule has 6 nitrogen and oxygen atoms in total. The molecule has 122 valence electrons. The molecule has 0 aromatic carbocycles. The number of nitrogens with zero attached hydrogens (tertiary/aromatic N) is 6. The second-order valence-corrected chi connectivity index (χ2v) is 7.53. The van der Waals surface area contributed by atoms with Crippen LogP contribution in [0, 0.1) is 5.41 Å². The van der Waals surface area contributed by atoms with E-state index in [-0.39, 0.29) is 0 Å². The Labute approximate surface area is 137 Å². The average molecular weight is 312 g/mol. The van der Waals surface area contributed by atoms with Crippen molar-refractivity contribution < 1.29 is 0 Å². The number of aryl methyl sites for hydroxylation is 1. The largest absolute Gasteiger partial charge is 0.341 e. The van der Waals surface area contributed by atoms with Gasteiger partial charge < -0.3 is 9.47 Å². The smallest absolute Gasteiger partial charge is 0.225 e.